The number of aryl methyl sites for hydroxylation is 1. The highest BCUT2D eigenvalue weighted by molar-refractivity contribution is 6.36. The second-order valence-corrected chi connectivity index (χ2v) is 14.3. The molecule has 1 aliphatic carbocycles. The Balaban J connectivity index is 1.41. The van der Waals surface area contributed by atoms with Crippen LogP contribution in [0.3, 0.4) is 0 Å². The van der Waals surface area contributed by atoms with E-state index in [9.17, 15) is 13.2 Å². The number of anilines is 2. The predicted octanol–water partition coefficient (Wildman–Crippen LogP) is 4.80. The number of nitrogens with two attached hydrogens (primary N) is 1. The van der Waals surface area contributed by atoms with Crippen LogP contribution in [0.4, 0.5) is 29.2 Å². The van der Waals surface area contributed by atoms with Crippen molar-refractivity contribution in [2.75, 3.05) is 97.1 Å². The number of pyridine rings is 1. The number of aromatic nitrogens is 3. The van der Waals surface area contributed by atoms with Crippen LogP contribution < -0.4 is 20.1 Å². The molecule has 0 bridgehead atoms. The minimum absolute atomic E-state index is 0.0273. The van der Waals surface area contributed by atoms with Crippen LogP contribution in [0, 0.1) is 18.2 Å². The third-order valence-corrected chi connectivity index (χ3v) is 10.3. The summed E-state index contributed by atoms with van der Waals surface area (Å²) >= 11 is 6.88. The highest BCUT2D eigenvalue weighted by Gasteiger charge is 2.48. The molecule has 3 fully saturated rings. The summed E-state index contributed by atoms with van der Waals surface area (Å²) in [6.07, 6.45) is -2.49. The summed E-state index contributed by atoms with van der Waals surface area (Å²) in [6, 6.07) is 1.00. The molecule has 16 heteroatoms. The molecule has 49 heavy (non-hydrogen) atoms. The van der Waals surface area contributed by atoms with Gasteiger partial charge < -0.3 is 34.5 Å². The van der Waals surface area contributed by atoms with Crippen molar-refractivity contribution in [3.63, 3.8) is 0 Å². The third-order valence-electron chi connectivity index (χ3n) is 9.98. The average molecular weight is 710 g/mol. The van der Waals surface area contributed by atoms with Crippen LogP contribution >= 0.6 is 11.6 Å². The normalized spacial score (nSPS) is 20.2. The molecule has 0 atom stereocenters. The van der Waals surface area contributed by atoms with Crippen molar-refractivity contribution in [3.05, 3.63) is 28.0 Å². The molecule has 0 radical (unpaired) electrons. The van der Waals surface area contributed by atoms with Crippen LogP contribution in [0.15, 0.2) is 6.07 Å². The Morgan fingerprint density at radius 3 is 2.43 bits per heavy atom. The first-order valence-corrected chi connectivity index (χ1v) is 16.8. The number of halogens is 5. The first kappa shape index (κ1) is 34.2. The van der Waals surface area contributed by atoms with E-state index in [4.69, 9.17) is 41.3 Å². The molecule has 1 spiro atoms. The van der Waals surface area contributed by atoms with Gasteiger partial charge in [-0.1, -0.05) is 11.6 Å². The monoisotopic (exact) mass is 709 g/mol. The summed E-state index contributed by atoms with van der Waals surface area (Å²) in [5.74, 6) is -1.03. The molecule has 2 saturated heterocycles. The second kappa shape index (κ2) is 12.8. The number of rotatable bonds is 9. The highest BCUT2D eigenvalue weighted by Crippen LogP contribution is 2.52. The number of nitrogens with zero attached hydrogens (tertiary/aromatic N) is 6. The zero-order valence-electron chi connectivity index (χ0n) is 27.8. The van der Waals surface area contributed by atoms with Gasteiger partial charge in [-0.05, 0) is 45.5 Å². The molecule has 3 aliphatic heterocycles. The largest absolute Gasteiger partial charge is 0.491 e. The third kappa shape index (κ3) is 6.44. The van der Waals surface area contributed by atoms with E-state index in [0.29, 0.717) is 58.4 Å². The van der Waals surface area contributed by atoms with E-state index in [1.807, 2.05) is 19.0 Å². The van der Waals surface area contributed by atoms with Crippen molar-refractivity contribution in [3.8, 4) is 23.0 Å². The smallest absolute Gasteiger partial charge is 0.418 e. The fraction of sp³-hybridized carbons (Fsp3) is 0.606. The lowest BCUT2D eigenvalue weighted by molar-refractivity contribution is -0.137. The van der Waals surface area contributed by atoms with Crippen molar-refractivity contribution in [2.45, 2.75) is 37.9 Å². The van der Waals surface area contributed by atoms with E-state index < -0.39 is 34.4 Å². The van der Waals surface area contributed by atoms with E-state index in [1.165, 1.54) is 6.92 Å². The van der Waals surface area contributed by atoms with Crippen LogP contribution in [0.1, 0.15) is 30.4 Å². The molecule has 0 amide bonds. The van der Waals surface area contributed by atoms with Gasteiger partial charge in [0.25, 0.3) is 0 Å². The Morgan fingerprint density at radius 1 is 1.06 bits per heavy atom. The maximum atomic E-state index is 17.1. The first-order chi connectivity index (χ1) is 23.3. The number of nitrogen functional groups attached to an aromatic ring is 1. The van der Waals surface area contributed by atoms with Gasteiger partial charge in [0.1, 0.15) is 17.2 Å². The predicted molar refractivity (Wildman–Crippen MR) is 176 cm³/mol. The van der Waals surface area contributed by atoms with Gasteiger partial charge >= 0.3 is 12.2 Å². The average Bonchev–Trinajstić information content (AvgIpc) is 3.77. The number of hydrogen-bond donors (Lipinski definition) is 1. The Labute approximate surface area is 286 Å². The van der Waals surface area contributed by atoms with Gasteiger partial charge in [-0.2, -0.15) is 23.1 Å². The zero-order valence-corrected chi connectivity index (χ0v) is 28.5. The van der Waals surface area contributed by atoms with Crippen LogP contribution in [0.2, 0.25) is 5.02 Å². The van der Waals surface area contributed by atoms with Gasteiger partial charge in [0, 0.05) is 44.6 Å². The number of benzene rings is 1. The number of hydrogen-bond acceptors (Lipinski definition) is 11. The lowest BCUT2D eigenvalue weighted by Gasteiger charge is -2.51. The molecular formula is C33H40ClF4N7O4. The van der Waals surface area contributed by atoms with E-state index in [1.54, 1.807) is 0 Å². The minimum Gasteiger partial charge on any atom is -0.491 e. The van der Waals surface area contributed by atoms with Gasteiger partial charge in [-0.25, -0.2) is 9.37 Å². The molecule has 3 aromatic rings. The first-order valence-electron chi connectivity index (χ1n) is 16.4. The van der Waals surface area contributed by atoms with E-state index >= 15 is 4.39 Å². The summed E-state index contributed by atoms with van der Waals surface area (Å²) in [5, 5.41) is -0.228. The molecule has 4 aliphatic rings. The van der Waals surface area contributed by atoms with Gasteiger partial charge in [0.2, 0.25) is 0 Å². The Hall–Kier alpha value is -3.24. The molecule has 11 nitrogen and oxygen atoms in total. The van der Waals surface area contributed by atoms with Crippen molar-refractivity contribution in [1.82, 2.24) is 24.8 Å². The summed E-state index contributed by atoms with van der Waals surface area (Å²) in [5.41, 5.74) is 2.30. The van der Waals surface area contributed by atoms with Crippen LogP contribution in [0.25, 0.3) is 22.2 Å². The summed E-state index contributed by atoms with van der Waals surface area (Å²) in [7, 11) is 3.89. The topological polar surface area (TPSA) is 111 Å². The highest BCUT2D eigenvalue weighted by atomic mass is 35.5. The summed E-state index contributed by atoms with van der Waals surface area (Å²) < 4.78 is 84.3. The Morgan fingerprint density at radius 2 is 1.80 bits per heavy atom. The quantitative estimate of drug-likeness (QED) is 0.309. The van der Waals surface area contributed by atoms with Gasteiger partial charge in [0.05, 0.1) is 72.4 Å². The number of likely N-dealkylation sites (N-methyl/N-ethyl adjacent to an activating group) is 1. The lowest BCUT2D eigenvalue weighted by Crippen LogP contribution is -2.64. The van der Waals surface area contributed by atoms with Gasteiger partial charge in [-0.15, -0.1) is 0 Å². The zero-order chi connectivity index (χ0) is 34.7. The Bertz CT molecular complexity index is 1750. The van der Waals surface area contributed by atoms with Gasteiger partial charge in [-0.3, -0.25) is 4.90 Å². The molecule has 2 N–H and O–H groups in total. The SMILES string of the molecule is Cc1cc(N)nc(-c2c(Cl)c3c4c(nc(OCC5(CN6CCOCC6)CC5)nc4c2F)N(CCN(C)C)C2(CCO3)COC2)c1C(F)(F)F. The molecule has 0 unspecified atom stereocenters. The standard InChI is InChI=1S/C33H40ClF4N7O4/c1-19-14-20(39)40-26(23(19)33(36,37)38)21-24(34)28-22-27(25(21)35)41-30(49-16-31(4-5-31)15-44-9-12-46-13-10-44)42-29(22)45(8-7-43(2)3)32(6-11-48-28)17-47-18-32/h14H,4-13,15-18H2,1-3H3,(H2,39,40). The summed E-state index contributed by atoms with van der Waals surface area (Å²) in [4.78, 5) is 19.8. The molecule has 5 heterocycles. The van der Waals surface area contributed by atoms with E-state index in [-0.39, 0.29) is 51.1 Å². The van der Waals surface area contributed by atoms with Crippen LogP contribution in [-0.2, 0) is 15.7 Å². The number of alkyl halides is 3. The molecule has 1 saturated carbocycles. The molecule has 266 valence electrons. The van der Waals surface area contributed by atoms with E-state index in [2.05, 4.69) is 19.8 Å². The number of ether oxygens (including phenoxy) is 4. The molecular weight excluding hydrogens is 670 g/mol. The van der Waals surface area contributed by atoms with Crippen LogP contribution in [-0.4, -0.2) is 117 Å². The molecule has 1 aromatic carbocycles. The van der Waals surface area contributed by atoms with E-state index in [0.717, 1.165) is 38.5 Å². The van der Waals surface area contributed by atoms with Crippen LogP contribution in [0.5, 0.6) is 11.8 Å². The van der Waals surface area contributed by atoms with Crippen molar-refractivity contribution >= 4 is 34.1 Å². The second-order valence-electron chi connectivity index (χ2n) is 13.9. The van der Waals surface area contributed by atoms with Crippen molar-refractivity contribution in [2.24, 2.45) is 5.41 Å². The minimum atomic E-state index is -4.89. The Kier molecular flexibility index (Phi) is 8.95. The van der Waals surface area contributed by atoms with Crippen molar-refractivity contribution < 1.29 is 36.5 Å². The fourth-order valence-corrected chi connectivity index (χ4v) is 7.36. The maximum absolute atomic E-state index is 17.1. The van der Waals surface area contributed by atoms with Gasteiger partial charge in [0.15, 0.2) is 11.6 Å². The van der Waals surface area contributed by atoms with Crippen molar-refractivity contribution in [1.29, 1.82) is 0 Å². The molecule has 2 aromatic heterocycles. The number of morpholine rings is 1. The fourth-order valence-electron chi connectivity index (χ4n) is 7.03. The maximum Gasteiger partial charge on any atom is 0.418 e. The lowest BCUT2D eigenvalue weighted by atomic mass is 9.89. The summed E-state index contributed by atoms with van der Waals surface area (Å²) in [6.45, 7) is 7.39. The molecule has 7 rings (SSSR count).